The Morgan fingerprint density at radius 3 is 2.45 bits per heavy atom. The van der Waals surface area contributed by atoms with Gasteiger partial charge in [0.05, 0.1) is 6.42 Å². The van der Waals surface area contributed by atoms with E-state index in [1.54, 1.807) is 42.5 Å². The molecule has 1 aromatic heterocycles. The van der Waals surface area contributed by atoms with Gasteiger partial charge in [0.15, 0.2) is 0 Å². The molecule has 0 bridgehead atoms. The van der Waals surface area contributed by atoms with Crippen molar-refractivity contribution in [3.63, 3.8) is 0 Å². The molecule has 2 atom stereocenters. The molecule has 4 rings (SSSR count). The number of aliphatic hydroxyl groups is 2. The summed E-state index contributed by atoms with van der Waals surface area (Å²) in [6, 6.07) is 11.7. The maximum atomic E-state index is 12.3. The maximum Gasteiger partial charge on any atom is 0.339 e. The monoisotopic (exact) mass is 424 g/mol. The average Bonchev–Trinajstić information content (AvgIpc) is 2.77. The van der Waals surface area contributed by atoms with Crippen molar-refractivity contribution in [1.29, 1.82) is 0 Å². The first kappa shape index (κ1) is 21.1. The van der Waals surface area contributed by atoms with Gasteiger partial charge in [0.2, 0.25) is 0 Å². The van der Waals surface area contributed by atoms with E-state index in [1.165, 1.54) is 0 Å². The van der Waals surface area contributed by atoms with Gasteiger partial charge in [0.25, 0.3) is 0 Å². The lowest BCUT2D eigenvalue weighted by Gasteiger charge is -2.23. The van der Waals surface area contributed by atoms with E-state index in [4.69, 9.17) is 14.3 Å². The zero-order valence-corrected chi connectivity index (χ0v) is 16.9. The third-order valence-electron chi connectivity index (χ3n) is 5.66. The Labute approximate surface area is 178 Å². The molecular weight excluding hydrogens is 400 g/mol. The third-order valence-corrected chi connectivity index (χ3v) is 5.66. The number of aliphatic carboxylic acids is 1. The summed E-state index contributed by atoms with van der Waals surface area (Å²) < 4.78 is 11.1. The second kappa shape index (κ2) is 8.91. The summed E-state index contributed by atoms with van der Waals surface area (Å²) in [5.74, 6) is -0.456. The first-order valence-electron chi connectivity index (χ1n) is 10.3. The molecule has 1 heterocycles. The molecule has 2 aromatic carbocycles. The Balaban J connectivity index is 1.54. The van der Waals surface area contributed by atoms with Gasteiger partial charge in [-0.2, -0.15) is 0 Å². The molecule has 0 aliphatic heterocycles. The van der Waals surface area contributed by atoms with Crippen molar-refractivity contribution >= 4 is 16.9 Å². The van der Waals surface area contributed by atoms with Crippen molar-refractivity contribution in [2.75, 3.05) is 6.61 Å². The van der Waals surface area contributed by atoms with Crippen LogP contribution in [-0.4, -0.2) is 34.0 Å². The lowest BCUT2D eigenvalue weighted by Crippen LogP contribution is -2.26. The van der Waals surface area contributed by atoms with Gasteiger partial charge in [-0.1, -0.05) is 24.3 Å². The number of aliphatic hydroxyl groups excluding tert-OH is 2. The summed E-state index contributed by atoms with van der Waals surface area (Å²) in [6.45, 7) is -0.158. The van der Waals surface area contributed by atoms with Crippen LogP contribution in [0, 0.1) is 0 Å². The number of carboxylic acids is 1. The smallest absolute Gasteiger partial charge is 0.339 e. The molecule has 1 aliphatic carbocycles. The van der Waals surface area contributed by atoms with E-state index >= 15 is 0 Å². The fourth-order valence-corrected chi connectivity index (χ4v) is 4.13. The highest BCUT2D eigenvalue weighted by Gasteiger charge is 2.26. The van der Waals surface area contributed by atoms with Gasteiger partial charge >= 0.3 is 11.6 Å². The number of carbonyl (C=O) groups is 1. The van der Waals surface area contributed by atoms with E-state index < -0.39 is 18.2 Å². The van der Waals surface area contributed by atoms with E-state index in [0.29, 0.717) is 39.8 Å². The largest absolute Gasteiger partial charge is 0.491 e. The summed E-state index contributed by atoms with van der Waals surface area (Å²) in [5, 5.41) is 31.0. The summed E-state index contributed by atoms with van der Waals surface area (Å²) >= 11 is 0. The van der Waals surface area contributed by atoms with Gasteiger partial charge in [-0.25, -0.2) is 4.79 Å². The van der Waals surface area contributed by atoms with Crippen LogP contribution in [-0.2, 0) is 24.1 Å². The Morgan fingerprint density at radius 1 is 1.03 bits per heavy atom. The number of benzene rings is 2. The van der Waals surface area contributed by atoms with Crippen LogP contribution in [0.5, 0.6) is 5.75 Å². The molecule has 0 spiro atoms. The van der Waals surface area contributed by atoms with Gasteiger partial charge in [0.1, 0.15) is 30.1 Å². The normalized spacial score (nSPS) is 15.3. The third kappa shape index (κ3) is 4.47. The van der Waals surface area contributed by atoms with E-state index in [9.17, 15) is 19.8 Å². The minimum Gasteiger partial charge on any atom is -0.491 e. The highest BCUT2D eigenvalue weighted by Crippen LogP contribution is 2.33. The molecular formula is C24H24O7. The lowest BCUT2D eigenvalue weighted by molar-refractivity contribution is -0.136. The Kier molecular flexibility index (Phi) is 6.06. The van der Waals surface area contributed by atoms with E-state index in [0.717, 1.165) is 24.8 Å². The van der Waals surface area contributed by atoms with Gasteiger partial charge in [-0.3, -0.25) is 4.79 Å². The van der Waals surface area contributed by atoms with Crippen molar-refractivity contribution in [2.24, 2.45) is 0 Å². The van der Waals surface area contributed by atoms with Gasteiger partial charge in [-0.15, -0.1) is 0 Å². The van der Waals surface area contributed by atoms with Gasteiger partial charge < -0.3 is 24.5 Å². The molecule has 7 nitrogen and oxygen atoms in total. The number of carboxylic acid groups (broad SMARTS) is 1. The van der Waals surface area contributed by atoms with E-state index in [2.05, 4.69) is 0 Å². The number of ether oxygens (including phenoxy) is 1. The molecule has 0 amide bonds. The molecule has 1 aliphatic rings. The standard InChI is InChI=1S/C24H24O7/c25-19(13-30-15-10-8-14(9-11-15)12-21(26)27)23(28)18-6-3-7-20-22(18)16-4-1-2-5-17(16)24(29)31-20/h3,6-11,19,23,25,28H,1-2,4-5,12-13H2,(H,26,27). The van der Waals surface area contributed by atoms with Gasteiger partial charge in [-0.05, 0) is 60.6 Å². The van der Waals surface area contributed by atoms with Gasteiger partial charge in [0, 0.05) is 10.9 Å². The molecule has 7 heteroatoms. The van der Waals surface area contributed by atoms with Crippen LogP contribution in [0.15, 0.2) is 51.7 Å². The highest BCUT2D eigenvalue weighted by molar-refractivity contribution is 5.85. The maximum absolute atomic E-state index is 12.3. The quantitative estimate of drug-likeness (QED) is 0.499. The molecule has 0 radical (unpaired) electrons. The first-order valence-corrected chi connectivity index (χ1v) is 10.3. The van der Waals surface area contributed by atoms with Crippen LogP contribution in [0.4, 0.5) is 0 Å². The second-order valence-electron chi connectivity index (χ2n) is 7.81. The fourth-order valence-electron chi connectivity index (χ4n) is 4.13. The molecule has 0 saturated carbocycles. The summed E-state index contributed by atoms with van der Waals surface area (Å²) in [5.41, 5.74) is 2.78. The zero-order chi connectivity index (χ0) is 22.0. The van der Waals surface area contributed by atoms with E-state index in [-0.39, 0.29) is 18.7 Å². The molecule has 31 heavy (non-hydrogen) atoms. The minimum absolute atomic E-state index is 0.0802. The molecule has 2 unspecified atom stereocenters. The molecule has 3 aromatic rings. The number of hydrogen-bond donors (Lipinski definition) is 3. The van der Waals surface area contributed by atoms with Crippen molar-refractivity contribution in [2.45, 2.75) is 44.3 Å². The van der Waals surface area contributed by atoms with Crippen molar-refractivity contribution in [1.82, 2.24) is 0 Å². The highest BCUT2D eigenvalue weighted by atomic mass is 16.5. The Bertz CT molecular complexity index is 1150. The number of fused-ring (bicyclic) bond motifs is 3. The summed E-state index contributed by atoms with van der Waals surface area (Å²) in [7, 11) is 0. The Morgan fingerprint density at radius 2 is 1.74 bits per heavy atom. The lowest BCUT2D eigenvalue weighted by atomic mass is 9.87. The van der Waals surface area contributed by atoms with Crippen LogP contribution < -0.4 is 10.4 Å². The topological polar surface area (TPSA) is 117 Å². The van der Waals surface area contributed by atoms with Crippen LogP contribution in [0.25, 0.3) is 11.0 Å². The first-order chi connectivity index (χ1) is 14.9. The average molecular weight is 424 g/mol. The van der Waals surface area contributed by atoms with Crippen LogP contribution >= 0.6 is 0 Å². The minimum atomic E-state index is -1.23. The summed E-state index contributed by atoms with van der Waals surface area (Å²) in [4.78, 5) is 23.1. The number of hydrogen-bond acceptors (Lipinski definition) is 6. The predicted octanol–water partition coefficient (Wildman–Crippen LogP) is 2.77. The van der Waals surface area contributed by atoms with Crippen molar-refractivity contribution in [3.05, 3.63) is 75.1 Å². The van der Waals surface area contributed by atoms with Crippen LogP contribution in [0.1, 0.15) is 41.2 Å². The second-order valence-corrected chi connectivity index (χ2v) is 7.81. The molecule has 162 valence electrons. The molecule has 3 N–H and O–H groups in total. The van der Waals surface area contributed by atoms with Crippen molar-refractivity contribution < 1.29 is 29.3 Å². The van der Waals surface area contributed by atoms with Crippen LogP contribution in [0.2, 0.25) is 0 Å². The molecule has 0 fully saturated rings. The number of aryl methyl sites for hydroxylation is 1. The molecule has 0 saturated heterocycles. The zero-order valence-electron chi connectivity index (χ0n) is 16.9. The summed E-state index contributed by atoms with van der Waals surface area (Å²) in [6.07, 6.45) is 0.750. The Hall–Kier alpha value is -3.16. The SMILES string of the molecule is O=C(O)Cc1ccc(OCC(O)C(O)c2cccc3oc(=O)c4c(c23)CCCC4)cc1. The van der Waals surface area contributed by atoms with Crippen LogP contribution in [0.3, 0.4) is 0 Å². The predicted molar refractivity (Wildman–Crippen MR) is 113 cm³/mol. The van der Waals surface area contributed by atoms with Crippen molar-refractivity contribution in [3.8, 4) is 5.75 Å². The van der Waals surface area contributed by atoms with E-state index in [1.807, 2.05) is 0 Å². The number of rotatable bonds is 7. The fraction of sp³-hybridized carbons (Fsp3) is 0.333.